The smallest absolute Gasteiger partial charge is 0.188 e. The summed E-state index contributed by atoms with van der Waals surface area (Å²) in [5.41, 5.74) is 0.955. The number of aromatic nitrogens is 1. The van der Waals surface area contributed by atoms with E-state index in [1.807, 2.05) is 12.1 Å². The lowest BCUT2D eigenvalue weighted by Crippen LogP contribution is -1.93. The molecule has 1 N–H and O–H groups in total. The fourth-order valence-electron chi connectivity index (χ4n) is 1.79. The van der Waals surface area contributed by atoms with Crippen LogP contribution < -0.4 is 10.1 Å². The summed E-state index contributed by atoms with van der Waals surface area (Å²) >= 11 is 1.39. The molecule has 0 saturated carbocycles. The molecule has 0 aliphatic heterocycles. The molecule has 0 spiro atoms. The quantitative estimate of drug-likeness (QED) is 0.780. The lowest BCUT2D eigenvalue weighted by Gasteiger charge is -2.03. The van der Waals surface area contributed by atoms with Crippen LogP contribution in [0.3, 0.4) is 0 Å². The van der Waals surface area contributed by atoms with Gasteiger partial charge in [-0.05, 0) is 24.3 Å². The Bertz CT molecular complexity index is 773. The number of rotatable bonds is 3. The largest absolute Gasteiger partial charge is 0.497 e. The number of halogens is 2. The van der Waals surface area contributed by atoms with Crippen molar-refractivity contribution in [2.75, 3.05) is 12.4 Å². The summed E-state index contributed by atoms with van der Waals surface area (Å²) in [5, 5.41) is 3.39. The number of fused-ring (bicyclic) bond motifs is 1. The molecule has 1 aromatic heterocycles. The van der Waals surface area contributed by atoms with E-state index in [1.165, 1.54) is 23.5 Å². The number of nitrogens with one attached hydrogen (secondary N) is 1. The number of nitrogens with zero attached hydrogens (tertiary/aromatic N) is 1. The second-order valence-electron chi connectivity index (χ2n) is 4.10. The van der Waals surface area contributed by atoms with Crippen molar-refractivity contribution < 1.29 is 13.5 Å². The Labute approximate surface area is 117 Å². The van der Waals surface area contributed by atoms with E-state index in [1.54, 1.807) is 13.2 Å². The predicted molar refractivity (Wildman–Crippen MR) is 75.8 cm³/mol. The minimum Gasteiger partial charge on any atom is -0.497 e. The molecule has 2 aromatic carbocycles. The fraction of sp³-hybridized carbons (Fsp3) is 0.0714. The van der Waals surface area contributed by atoms with Gasteiger partial charge in [0.25, 0.3) is 0 Å². The Kier molecular flexibility index (Phi) is 3.23. The van der Waals surface area contributed by atoms with Gasteiger partial charge in [-0.1, -0.05) is 11.3 Å². The van der Waals surface area contributed by atoms with Crippen LogP contribution in [0.2, 0.25) is 0 Å². The number of ether oxygens (including phenoxy) is 1. The molecule has 0 bridgehead atoms. The highest BCUT2D eigenvalue weighted by atomic mass is 32.1. The minimum absolute atomic E-state index is 0.192. The summed E-state index contributed by atoms with van der Waals surface area (Å²) in [6.07, 6.45) is 0. The molecule has 6 heteroatoms. The van der Waals surface area contributed by atoms with Crippen molar-refractivity contribution in [3.8, 4) is 5.75 Å². The SMILES string of the molecule is COc1ccc2sc(Nc3ccc(F)cc3F)nc2c1. The molecule has 3 aromatic rings. The van der Waals surface area contributed by atoms with E-state index >= 15 is 0 Å². The second-order valence-corrected chi connectivity index (χ2v) is 5.13. The first kappa shape index (κ1) is 12.8. The Morgan fingerprint density at radius 3 is 2.75 bits per heavy atom. The van der Waals surface area contributed by atoms with Gasteiger partial charge in [0.15, 0.2) is 5.13 Å². The van der Waals surface area contributed by atoms with E-state index in [4.69, 9.17) is 4.74 Å². The van der Waals surface area contributed by atoms with Crippen molar-refractivity contribution in [1.82, 2.24) is 4.98 Å². The fourth-order valence-corrected chi connectivity index (χ4v) is 2.65. The number of hydrogen-bond acceptors (Lipinski definition) is 4. The highest BCUT2D eigenvalue weighted by molar-refractivity contribution is 7.22. The molecule has 1 heterocycles. The standard InChI is InChI=1S/C14H10F2N2OS/c1-19-9-3-5-13-12(7-9)18-14(20-13)17-11-4-2-8(15)6-10(11)16/h2-7H,1H3,(H,17,18). The van der Waals surface area contributed by atoms with Gasteiger partial charge in [-0.25, -0.2) is 13.8 Å². The maximum Gasteiger partial charge on any atom is 0.188 e. The van der Waals surface area contributed by atoms with Crippen LogP contribution in [-0.2, 0) is 0 Å². The van der Waals surface area contributed by atoms with Crippen LogP contribution in [-0.4, -0.2) is 12.1 Å². The highest BCUT2D eigenvalue weighted by Gasteiger charge is 2.08. The van der Waals surface area contributed by atoms with Crippen LogP contribution in [0.25, 0.3) is 10.2 Å². The number of thiazole rings is 1. The average Bonchev–Trinajstić information content (AvgIpc) is 2.83. The summed E-state index contributed by atoms with van der Waals surface area (Å²) in [6, 6.07) is 8.90. The van der Waals surface area contributed by atoms with Crippen LogP contribution in [0, 0.1) is 11.6 Å². The molecular formula is C14H10F2N2OS. The van der Waals surface area contributed by atoms with Gasteiger partial charge in [-0.2, -0.15) is 0 Å². The second kappa shape index (κ2) is 5.05. The topological polar surface area (TPSA) is 34.1 Å². The third kappa shape index (κ3) is 2.42. The molecule has 0 aliphatic rings. The van der Waals surface area contributed by atoms with Crippen molar-refractivity contribution in [1.29, 1.82) is 0 Å². The molecule has 0 radical (unpaired) electrons. The maximum atomic E-state index is 13.6. The van der Waals surface area contributed by atoms with Gasteiger partial charge >= 0.3 is 0 Å². The van der Waals surface area contributed by atoms with Gasteiger partial charge in [0, 0.05) is 12.1 Å². The van der Waals surface area contributed by atoms with Gasteiger partial charge in [0.1, 0.15) is 17.4 Å². The summed E-state index contributed by atoms with van der Waals surface area (Å²) in [7, 11) is 1.58. The molecule has 0 saturated heterocycles. The molecule has 102 valence electrons. The Balaban J connectivity index is 1.94. The number of hydrogen-bond donors (Lipinski definition) is 1. The zero-order chi connectivity index (χ0) is 14.1. The lowest BCUT2D eigenvalue weighted by atomic mass is 10.3. The van der Waals surface area contributed by atoms with Gasteiger partial charge < -0.3 is 10.1 Å². The Hall–Kier alpha value is -2.21. The van der Waals surface area contributed by atoms with Crippen molar-refractivity contribution in [3.63, 3.8) is 0 Å². The molecule has 3 nitrogen and oxygen atoms in total. The predicted octanol–water partition coefficient (Wildman–Crippen LogP) is 4.33. The molecule has 3 rings (SSSR count). The summed E-state index contributed by atoms with van der Waals surface area (Å²) < 4.78 is 32.5. The summed E-state index contributed by atoms with van der Waals surface area (Å²) in [4.78, 5) is 4.35. The number of anilines is 2. The van der Waals surface area contributed by atoms with Crippen molar-refractivity contribution in [2.45, 2.75) is 0 Å². The van der Waals surface area contributed by atoms with Crippen molar-refractivity contribution in [2.24, 2.45) is 0 Å². The first-order valence-electron chi connectivity index (χ1n) is 5.82. The van der Waals surface area contributed by atoms with E-state index in [9.17, 15) is 8.78 Å². The number of benzene rings is 2. The van der Waals surface area contributed by atoms with Gasteiger partial charge in [-0.15, -0.1) is 0 Å². The molecule has 0 fully saturated rings. The summed E-state index contributed by atoms with van der Waals surface area (Å²) in [5.74, 6) is -0.550. The maximum absolute atomic E-state index is 13.6. The molecule has 0 unspecified atom stereocenters. The zero-order valence-electron chi connectivity index (χ0n) is 10.5. The highest BCUT2D eigenvalue weighted by Crippen LogP contribution is 2.31. The van der Waals surface area contributed by atoms with E-state index < -0.39 is 11.6 Å². The molecule has 0 aliphatic carbocycles. The Morgan fingerprint density at radius 1 is 1.15 bits per heavy atom. The van der Waals surface area contributed by atoms with Crippen molar-refractivity contribution in [3.05, 3.63) is 48.0 Å². The lowest BCUT2D eigenvalue weighted by molar-refractivity contribution is 0.415. The van der Waals surface area contributed by atoms with Gasteiger partial charge in [0.2, 0.25) is 0 Å². The van der Waals surface area contributed by atoms with Crippen LogP contribution >= 0.6 is 11.3 Å². The third-order valence-electron chi connectivity index (χ3n) is 2.77. The van der Waals surface area contributed by atoms with E-state index in [0.717, 1.165) is 16.3 Å². The van der Waals surface area contributed by atoms with Crippen LogP contribution in [0.15, 0.2) is 36.4 Å². The molecule has 0 amide bonds. The zero-order valence-corrected chi connectivity index (χ0v) is 11.3. The van der Waals surface area contributed by atoms with Gasteiger partial charge in [0.05, 0.1) is 23.0 Å². The first-order chi connectivity index (χ1) is 9.65. The van der Waals surface area contributed by atoms with E-state index in [-0.39, 0.29) is 5.69 Å². The average molecular weight is 292 g/mol. The number of methoxy groups -OCH3 is 1. The van der Waals surface area contributed by atoms with E-state index in [2.05, 4.69) is 10.3 Å². The van der Waals surface area contributed by atoms with Crippen molar-refractivity contribution >= 4 is 32.4 Å². The monoisotopic (exact) mass is 292 g/mol. The molecular weight excluding hydrogens is 282 g/mol. The van der Waals surface area contributed by atoms with Crippen LogP contribution in [0.5, 0.6) is 5.75 Å². The van der Waals surface area contributed by atoms with Gasteiger partial charge in [-0.3, -0.25) is 0 Å². The molecule has 0 atom stereocenters. The Morgan fingerprint density at radius 2 is 2.00 bits per heavy atom. The molecule has 20 heavy (non-hydrogen) atoms. The van der Waals surface area contributed by atoms with E-state index in [0.29, 0.717) is 10.9 Å². The van der Waals surface area contributed by atoms with Crippen LogP contribution in [0.1, 0.15) is 0 Å². The van der Waals surface area contributed by atoms with Crippen LogP contribution in [0.4, 0.5) is 19.6 Å². The minimum atomic E-state index is -0.651. The summed E-state index contributed by atoms with van der Waals surface area (Å²) in [6.45, 7) is 0. The normalized spacial score (nSPS) is 10.8. The first-order valence-corrected chi connectivity index (χ1v) is 6.64. The third-order valence-corrected chi connectivity index (χ3v) is 3.72.